The molecule has 0 aromatic heterocycles. The van der Waals surface area contributed by atoms with Gasteiger partial charge in [0, 0.05) is 52.4 Å². The Bertz CT molecular complexity index is 1100. The molecule has 2 aromatic carbocycles. The highest BCUT2D eigenvalue weighted by Gasteiger charge is 2.27. The summed E-state index contributed by atoms with van der Waals surface area (Å²) in [6, 6.07) is 8.57. The lowest BCUT2D eigenvalue weighted by molar-refractivity contribution is -0.139. The number of nitrogens with one attached hydrogen (secondary N) is 1. The number of aromatic hydroxyl groups is 1. The molecule has 0 aliphatic heterocycles. The van der Waals surface area contributed by atoms with E-state index in [2.05, 4.69) is 4.90 Å². The third kappa shape index (κ3) is 6.86. The summed E-state index contributed by atoms with van der Waals surface area (Å²) in [6.45, 7) is 4.17. The zero-order valence-corrected chi connectivity index (χ0v) is 20.6. The topological polar surface area (TPSA) is 114 Å². The normalized spacial score (nSPS) is 10.7. The van der Waals surface area contributed by atoms with Crippen LogP contribution in [0.5, 0.6) is 11.5 Å². The molecule has 2 N–H and O–H groups in total. The van der Waals surface area contributed by atoms with Crippen molar-refractivity contribution in [2.24, 2.45) is 0 Å². The maximum Gasteiger partial charge on any atom is 0.296 e. The van der Waals surface area contributed by atoms with Gasteiger partial charge in [-0.1, -0.05) is 19.1 Å². The molecule has 0 aliphatic rings. The van der Waals surface area contributed by atoms with Crippen LogP contribution in [0.25, 0.3) is 0 Å². The number of nitrogens with zero attached hydrogens (tertiary/aromatic N) is 3. The van der Waals surface area contributed by atoms with Crippen LogP contribution in [-0.2, 0) is 16.1 Å². The maximum atomic E-state index is 13.2. The average Bonchev–Trinajstić information content (AvgIpc) is 2.85. The van der Waals surface area contributed by atoms with E-state index < -0.39 is 29.1 Å². The summed E-state index contributed by atoms with van der Waals surface area (Å²) in [5, 5.41) is 18.4. The molecule has 0 radical (unpaired) electrons. The number of hydrogen-bond acceptors (Lipinski definition) is 7. The van der Waals surface area contributed by atoms with E-state index in [0.717, 1.165) is 16.5 Å². The number of Topliss-reactive ketones (excluding diaryl/α,β-unsaturated/α-hetero) is 1. The van der Waals surface area contributed by atoms with Crippen molar-refractivity contribution in [3.63, 3.8) is 0 Å². The van der Waals surface area contributed by atoms with Crippen LogP contribution < -0.4 is 4.74 Å². The van der Waals surface area contributed by atoms with E-state index in [9.17, 15) is 23.9 Å². The largest absolute Gasteiger partial charge is 0.507 e. The van der Waals surface area contributed by atoms with E-state index in [4.69, 9.17) is 10.1 Å². The first kappa shape index (κ1) is 27.5. The van der Waals surface area contributed by atoms with Crippen LogP contribution in [0.15, 0.2) is 36.4 Å². The molecular formula is C25H31FN4O5. The number of carbonyl (C=O) groups is 3. The number of hydrogen-bond donors (Lipinski definition) is 2. The molecule has 10 heteroatoms. The van der Waals surface area contributed by atoms with E-state index in [1.165, 1.54) is 44.3 Å². The molecule has 2 aromatic rings. The molecular weight excluding hydrogens is 455 g/mol. The molecule has 0 unspecified atom stereocenters. The number of amides is 2. The predicted octanol–water partition coefficient (Wildman–Crippen LogP) is 2.16. The quantitative estimate of drug-likeness (QED) is 0.372. The van der Waals surface area contributed by atoms with Crippen molar-refractivity contribution in [3.8, 4) is 11.5 Å². The number of halogens is 1. The van der Waals surface area contributed by atoms with Crippen LogP contribution in [0.1, 0.15) is 28.4 Å². The summed E-state index contributed by atoms with van der Waals surface area (Å²) < 4.78 is 18.4. The fraction of sp³-hybridized carbons (Fsp3) is 0.360. The molecule has 35 heavy (non-hydrogen) atoms. The van der Waals surface area contributed by atoms with Gasteiger partial charge in [-0.2, -0.15) is 0 Å². The van der Waals surface area contributed by atoms with Crippen molar-refractivity contribution in [2.75, 3.05) is 47.9 Å². The molecule has 2 amide bonds. The second-order valence-corrected chi connectivity index (χ2v) is 8.20. The molecule has 0 saturated heterocycles. The van der Waals surface area contributed by atoms with Gasteiger partial charge in [-0.05, 0) is 30.3 Å². The zero-order valence-electron chi connectivity index (χ0n) is 20.6. The van der Waals surface area contributed by atoms with E-state index >= 15 is 0 Å². The minimum absolute atomic E-state index is 0.0410. The van der Waals surface area contributed by atoms with Gasteiger partial charge >= 0.3 is 0 Å². The first-order valence-electron chi connectivity index (χ1n) is 11.0. The Kier molecular flexibility index (Phi) is 9.47. The van der Waals surface area contributed by atoms with Gasteiger partial charge in [-0.15, -0.1) is 0 Å². The van der Waals surface area contributed by atoms with Crippen molar-refractivity contribution >= 4 is 23.3 Å². The molecule has 0 saturated carbocycles. The van der Waals surface area contributed by atoms with Crippen LogP contribution >= 0.6 is 0 Å². The van der Waals surface area contributed by atoms with Gasteiger partial charge < -0.3 is 19.6 Å². The standard InChI is InChI=1S/C25H31FN4O5/c1-6-30(15-16-7-9-17(26)10-8-16)12-11-29(4)24(33)19-13-18(20(31)14-21(19)35-5)22(27)23(32)25(34)28(2)3/h7-10,13-14,27,31H,6,11-12,15H2,1-5H3. The molecule has 0 spiro atoms. The van der Waals surface area contributed by atoms with Crippen molar-refractivity contribution in [1.29, 1.82) is 5.41 Å². The van der Waals surface area contributed by atoms with Gasteiger partial charge in [0.05, 0.1) is 12.7 Å². The number of likely N-dealkylation sites (N-methyl/N-ethyl adjacent to an activating group) is 3. The van der Waals surface area contributed by atoms with Gasteiger partial charge in [-0.25, -0.2) is 4.39 Å². The van der Waals surface area contributed by atoms with Gasteiger partial charge in [0.2, 0.25) is 0 Å². The number of carbonyl (C=O) groups excluding carboxylic acids is 3. The number of rotatable bonds is 11. The predicted molar refractivity (Wildman–Crippen MR) is 130 cm³/mol. The minimum atomic E-state index is -1.11. The highest BCUT2D eigenvalue weighted by molar-refractivity contribution is 6.67. The first-order chi connectivity index (χ1) is 16.5. The highest BCUT2D eigenvalue weighted by atomic mass is 19.1. The lowest BCUT2D eigenvalue weighted by Crippen LogP contribution is -2.36. The molecule has 188 valence electrons. The van der Waals surface area contributed by atoms with Crippen LogP contribution in [0, 0.1) is 11.2 Å². The third-order valence-electron chi connectivity index (χ3n) is 5.51. The second kappa shape index (κ2) is 12.1. The maximum absolute atomic E-state index is 13.2. The minimum Gasteiger partial charge on any atom is -0.507 e. The fourth-order valence-corrected chi connectivity index (χ4v) is 3.33. The monoisotopic (exact) mass is 486 g/mol. The SMILES string of the molecule is CCN(CCN(C)C(=O)c1cc(C(=N)C(=O)C(=O)N(C)C)c(O)cc1OC)Cc1ccc(F)cc1. The molecule has 2 rings (SSSR count). The van der Waals surface area contributed by atoms with Crippen LogP contribution in [0.4, 0.5) is 4.39 Å². The number of phenolic OH excluding ortho intramolecular Hbond substituents is 1. The summed E-state index contributed by atoms with van der Waals surface area (Å²) in [5.41, 5.74) is 0.0213. The summed E-state index contributed by atoms with van der Waals surface area (Å²) >= 11 is 0. The van der Waals surface area contributed by atoms with E-state index in [0.29, 0.717) is 26.2 Å². The summed E-state index contributed by atoms with van der Waals surface area (Å²) in [4.78, 5) is 42.1. The van der Waals surface area contributed by atoms with Gasteiger partial charge in [0.15, 0.2) is 0 Å². The van der Waals surface area contributed by atoms with E-state index in [1.807, 2.05) is 6.92 Å². The molecule has 9 nitrogen and oxygen atoms in total. The number of ketones is 1. The molecule has 0 heterocycles. The molecule has 0 aliphatic carbocycles. The molecule has 0 atom stereocenters. The van der Waals surface area contributed by atoms with E-state index in [-0.39, 0.29) is 22.7 Å². The Labute approximate surface area is 204 Å². The van der Waals surface area contributed by atoms with Crippen LogP contribution in [0.2, 0.25) is 0 Å². The fourth-order valence-electron chi connectivity index (χ4n) is 3.33. The van der Waals surface area contributed by atoms with Gasteiger partial charge in [0.25, 0.3) is 17.6 Å². The van der Waals surface area contributed by atoms with Crippen molar-refractivity contribution in [1.82, 2.24) is 14.7 Å². The van der Waals surface area contributed by atoms with Gasteiger partial charge in [-0.3, -0.25) is 24.7 Å². The van der Waals surface area contributed by atoms with Crippen molar-refractivity contribution in [2.45, 2.75) is 13.5 Å². The smallest absolute Gasteiger partial charge is 0.296 e. The number of phenols is 1. The summed E-state index contributed by atoms with van der Waals surface area (Å²) in [6.07, 6.45) is 0. The highest BCUT2D eigenvalue weighted by Crippen LogP contribution is 2.30. The lowest BCUT2D eigenvalue weighted by Gasteiger charge is -2.25. The number of benzene rings is 2. The Balaban J connectivity index is 2.20. The van der Waals surface area contributed by atoms with Gasteiger partial charge in [0.1, 0.15) is 23.0 Å². The number of ether oxygens (including phenoxy) is 1. The Morgan fingerprint density at radius 1 is 1.03 bits per heavy atom. The lowest BCUT2D eigenvalue weighted by atomic mass is 10.0. The Hall–Kier alpha value is -3.79. The van der Waals surface area contributed by atoms with Crippen LogP contribution in [0.3, 0.4) is 0 Å². The zero-order chi connectivity index (χ0) is 26.3. The van der Waals surface area contributed by atoms with Crippen LogP contribution in [-0.4, -0.2) is 91.0 Å². The molecule has 0 bridgehead atoms. The second-order valence-electron chi connectivity index (χ2n) is 8.20. The molecule has 0 fully saturated rings. The first-order valence-corrected chi connectivity index (χ1v) is 11.0. The third-order valence-corrected chi connectivity index (χ3v) is 5.51. The van der Waals surface area contributed by atoms with Crippen molar-refractivity contribution < 1.29 is 28.6 Å². The Morgan fingerprint density at radius 3 is 2.20 bits per heavy atom. The summed E-state index contributed by atoms with van der Waals surface area (Å²) in [5.74, 6) is -3.16. The Morgan fingerprint density at radius 2 is 1.66 bits per heavy atom. The number of methoxy groups -OCH3 is 1. The average molecular weight is 487 g/mol. The van der Waals surface area contributed by atoms with E-state index in [1.54, 1.807) is 19.2 Å². The van der Waals surface area contributed by atoms with Crippen molar-refractivity contribution in [3.05, 3.63) is 58.9 Å². The summed E-state index contributed by atoms with van der Waals surface area (Å²) in [7, 11) is 5.69.